The summed E-state index contributed by atoms with van der Waals surface area (Å²) >= 11 is 3.23. The number of hydrogen-bond acceptors (Lipinski definition) is 6. The topological polar surface area (TPSA) is 72.0 Å². The summed E-state index contributed by atoms with van der Waals surface area (Å²) in [5, 5.41) is 19.9. The lowest BCUT2D eigenvalue weighted by Crippen LogP contribution is -2.19. The first-order valence-corrected chi connectivity index (χ1v) is 9.89. The Morgan fingerprint density at radius 2 is 1.58 bits per heavy atom. The van der Waals surface area contributed by atoms with Crippen LogP contribution in [0.5, 0.6) is 5.75 Å². The Hall–Kier alpha value is -1.11. The average Bonchev–Trinajstić information content (AvgIpc) is 2.90. The minimum Gasteiger partial charge on any atom is -0.508 e. The van der Waals surface area contributed by atoms with Gasteiger partial charge in [0.25, 0.3) is 0 Å². The molecule has 0 amide bonds. The molecule has 0 fully saturated rings. The monoisotopic (exact) mass is 365 g/mol. The van der Waals surface area contributed by atoms with Crippen LogP contribution >= 0.6 is 23.1 Å². The van der Waals surface area contributed by atoms with Gasteiger partial charge in [-0.15, -0.1) is 10.2 Å². The van der Waals surface area contributed by atoms with Crippen molar-refractivity contribution < 1.29 is 5.11 Å². The standard InChI is InChI=1S/C18H27N3OS2/c1-17(2,3)12-9-11(22)10-13(18(4,5)6)14(12)15-20-21-16(24-15)23-8-7-19/h9-10,22H,7-8,19H2,1-6H3. The largest absolute Gasteiger partial charge is 0.508 e. The number of rotatable bonds is 4. The van der Waals surface area contributed by atoms with Gasteiger partial charge in [-0.2, -0.15) is 0 Å². The van der Waals surface area contributed by atoms with Gasteiger partial charge < -0.3 is 10.8 Å². The first-order chi connectivity index (χ1) is 11.0. The molecule has 0 aliphatic rings. The Morgan fingerprint density at radius 1 is 1.04 bits per heavy atom. The third-order valence-electron chi connectivity index (χ3n) is 3.70. The molecule has 0 aliphatic heterocycles. The number of nitrogens with zero attached hydrogens (tertiary/aromatic N) is 2. The van der Waals surface area contributed by atoms with E-state index in [-0.39, 0.29) is 10.8 Å². The van der Waals surface area contributed by atoms with Crippen LogP contribution in [0.15, 0.2) is 16.5 Å². The lowest BCUT2D eigenvalue weighted by Gasteiger charge is -2.29. The van der Waals surface area contributed by atoms with Gasteiger partial charge in [0, 0.05) is 17.9 Å². The number of benzene rings is 1. The predicted molar refractivity (Wildman–Crippen MR) is 104 cm³/mol. The van der Waals surface area contributed by atoms with Crippen LogP contribution in [-0.4, -0.2) is 27.6 Å². The van der Waals surface area contributed by atoms with Crippen molar-refractivity contribution in [2.75, 3.05) is 12.3 Å². The van der Waals surface area contributed by atoms with E-state index in [4.69, 9.17) is 5.73 Å². The van der Waals surface area contributed by atoms with Crippen molar-refractivity contribution in [1.29, 1.82) is 0 Å². The Bertz CT molecular complexity index is 677. The maximum absolute atomic E-state index is 10.3. The van der Waals surface area contributed by atoms with Gasteiger partial charge in [-0.05, 0) is 34.1 Å². The zero-order chi connectivity index (χ0) is 18.1. The van der Waals surface area contributed by atoms with Crippen molar-refractivity contribution in [2.24, 2.45) is 5.73 Å². The van der Waals surface area contributed by atoms with Crippen LogP contribution in [0.25, 0.3) is 10.6 Å². The summed E-state index contributed by atoms with van der Waals surface area (Å²) in [5.41, 5.74) is 8.66. The molecular weight excluding hydrogens is 338 g/mol. The van der Waals surface area contributed by atoms with Gasteiger partial charge in [0.2, 0.25) is 0 Å². The maximum atomic E-state index is 10.3. The third-order valence-corrected chi connectivity index (χ3v) is 5.81. The molecule has 1 aromatic heterocycles. The highest BCUT2D eigenvalue weighted by Gasteiger charge is 2.29. The fourth-order valence-corrected chi connectivity index (χ4v) is 4.32. The van der Waals surface area contributed by atoms with Crippen molar-refractivity contribution in [3.05, 3.63) is 23.3 Å². The lowest BCUT2D eigenvalue weighted by atomic mass is 9.76. The molecule has 3 N–H and O–H groups in total. The minimum atomic E-state index is -0.107. The van der Waals surface area contributed by atoms with E-state index in [2.05, 4.69) is 51.7 Å². The minimum absolute atomic E-state index is 0.107. The van der Waals surface area contributed by atoms with Crippen LogP contribution in [0.4, 0.5) is 0 Å². The van der Waals surface area contributed by atoms with Crippen LogP contribution in [0, 0.1) is 0 Å². The summed E-state index contributed by atoms with van der Waals surface area (Å²) in [6.45, 7) is 13.6. The van der Waals surface area contributed by atoms with Crippen molar-refractivity contribution in [3.63, 3.8) is 0 Å². The van der Waals surface area contributed by atoms with Crippen molar-refractivity contribution in [1.82, 2.24) is 10.2 Å². The maximum Gasteiger partial charge on any atom is 0.174 e. The zero-order valence-corrected chi connectivity index (χ0v) is 16.9. The summed E-state index contributed by atoms with van der Waals surface area (Å²) in [6.07, 6.45) is 0. The highest BCUT2D eigenvalue weighted by molar-refractivity contribution is 8.01. The summed E-state index contributed by atoms with van der Waals surface area (Å²) in [4.78, 5) is 0. The molecule has 24 heavy (non-hydrogen) atoms. The summed E-state index contributed by atoms with van der Waals surface area (Å²) in [7, 11) is 0. The molecule has 0 spiro atoms. The first kappa shape index (κ1) is 19.2. The molecular formula is C18H27N3OS2. The number of aromatic nitrogens is 2. The van der Waals surface area contributed by atoms with Crippen LogP contribution in [-0.2, 0) is 10.8 Å². The van der Waals surface area contributed by atoms with Gasteiger partial charge in [0.05, 0.1) is 0 Å². The van der Waals surface area contributed by atoms with E-state index < -0.39 is 0 Å². The molecule has 1 heterocycles. The fraction of sp³-hybridized carbons (Fsp3) is 0.556. The second-order valence-electron chi connectivity index (χ2n) is 7.93. The Balaban J connectivity index is 2.68. The number of phenolic OH excluding ortho intramolecular Hbond substituents is 1. The molecule has 0 aliphatic carbocycles. The van der Waals surface area contributed by atoms with Gasteiger partial charge in [0.15, 0.2) is 4.34 Å². The molecule has 0 bridgehead atoms. The van der Waals surface area contributed by atoms with Gasteiger partial charge in [0.1, 0.15) is 10.8 Å². The number of nitrogens with two attached hydrogens (primary N) is 1. The molecule has 132 valence electrons. The second kappa shape index (κ2) is 7.02. The van der Waals surface area contributed by atoms with Gasteiger partial charge >= 0.3 is 0 Å². The molecule has 2 rings (SSSR count). The zero-order valence-electron chi connectivity index (χ0n) is 15.3. The number of aromatic hydroxyl groups is 1. The molecule has 0 unspecified atom stereocenters. The highest BCUT2D eigenvalue weighted by atomic mass is 32.2. The van der Waals surface area contributed by atoms with Crippen molar-refractivity contribution >= 4 is 23.1 Å². The van der Waals surface area contributed by atoms with E-state index in [0.717, 1.165) is 31.8 Å². The summed E-state index contributed by atoms with van der Waals surface area (Å²) in [5.74, 6) is 1.14. The molecule has 0 radical (unpaired) electrons. The van der Waals surface area contributed by atoms with E-state index in [0.29, 0.717) is 12.3 Å². The highest BCUT2D eigenvalue weighted by Crippen LogP contribution is 2.44. The molecule has 2 aromatic rings. The van der Waals surface area contributed by atoms with Crippen LogP contribution in [0.2, 0.25) is 0 Å². The SMILES string of the molecule is CC(C)(C)c1cc(O)cc(C(C)(C)C)c1-c1nnc(SCCN)s1. The van der Waals surface area contributed by atoms with Gasteiger partial charge in [-0.25, -0.2) is 0 Å². The van der Waals surface area contributed by atoms with Crippen LogP contribution < -0.4 is 5.73 Å². The molecule has 0 saturated carbocycles. The van der Waals surface area contributed by atoms with Gasteiger partial charge in [-0.3, -0.25) is 0 Å². The van der Waals surface area contributed by atoms with E-state index in [9.17, 15) is 5.11 Å². The Morgan fingerprint density at radius 3 is 2.04 bits per heavy atom. The van der Waals surface area contributed by atoms with E-state index >= 15 is 0 Å². The number of thioether (sulfide) groups is 1. The molecule has 0 saturated heterocycles. The first-order valence-electron chi connectivity index (χ1n) is 8.08. The normalized spacial score (nSPS) is 12.6. The second-order valence-corrected chi connectivity index (χ2v) is 10.2. The Labute approximate surface area is 152 Å². The number of phenols is 1. The van der Waals surface area contributed by atoms with Crippen molar-refractivity contribution in [2.45, 2.75) is 56.7 Å². The number of hydrogen-bond donors (Lipinski definition) is 2. The lowest BCUT2D eigenvalue weighted by molar-refractivity contribution is 0.466. The molecule has 6 heteroatoms. The fourth-order valence-electron chi connectivity index (χ4n) is 2.56. The summed E-state index contributed by atoms with van der Waals surface area (Å²) in [6, 6.07) is 3.72. The van der Waals surface area contributed by atoms with Crippen molar-refractivity contribution in [3.8, 4) is 16.3 Å². The van der Waals surface area contributed by atoms with E-state index in [1.807, 2.05) is 12.1 Å². The average molecular weight is 366 g/mol. The quantitative estimate of drug-likeness (QED) is 0.777. The molecule has 0 atom stereocenters. The van der Waals surface area contributed by atoms with Crippen LogP contribution in [0.1, 0.15) is 52.7 Å². The molecule has 4 nitrogen and oxygen atoms in total. The van der Waals surface area contributed by atoms with E-state index in [1.165, 1.54) is 0 Å². The van der Waals surface area contributed by atoms with E-state index in [1.54, 1.807) is 23.1 Å². The third kappa shape index (κ3) is 4.29. The van der Waals surface area contributed by atoms with Crippen LogP contribution in [0.3, 0.4) is 0 Å². The predicted octanol–water partition coefficient (Wildman–Crippen LogP) is 4.56. The van der Waals surface area contributed by atoms with Gasteiger partial charge in [-0.1, -0.05) is 64.6 Å². The Kier molecular flexibility index (Phi) is 5.62. The smallest absolute Gasteiger partial charge is 0.174 e. The summed E-state index contributed by atoms with van der Waals surface area (Å²) < 4.78 is 0.934. The molecule has 1 aromatic carbocycles.